The Labute approximate surface area is 116 Å². The minimum Gasteiger partial charge on any atom is -0.346 e. The minimum atomic E-state index is -2.83. The van der Waals surface area contributed by atoms with E-state index in [1.54, 1.807) is 4.90 Å². The van der Waals surface area contributed by atoms with Crippen molar-refractivity contribution < 1.29 is 18.4 Å². The molecular formula is C11H18ClF2N3O2. The lowest BCUT2D eigenvalue weighted by molar-refractivity contribution is -0.132. The standard InChI is InChI=1S/C11H17F2N3O2.ClH/c12-11(13)5-8(15-7-11)10(18)14-6-9(17)16-3-1-2-4-16;/h8,15H,1-7H2,(H,14,18);1H. The van der Waals surface area contributed by atoms with Crippen LogP contribution in [0, 0.1) is 0 Å². The maximum absolute atomic E-state index is 12.9. The number of likely N-dealkylation sites (tertiary alicyclic amines) is 1. The maximum atomic E-state index is 12.9. The van der Waals surface area contributed by atoms with Crippen LogP contribution in [-0.4, -0.2) is 54.9 Å². The third kappa shape index (κ3) is 4.28. The number of rotatable bonds is 3. The van der Waals surface area contributed by atoms with E-state index in [2.05, 4.69) is 10.6 Å². The first-order valence-electron chi connectivity index (χ1n) is 6.15. The minimum absolute atomic E-state index is 0. The summed E-state index contributed by atoms with van der Waals surface area (Å²) in [4.78, 5) is 24.9. The molecule has 0 aromatic heterocycles. The second-order valence-corrected chi connectivity index (χ2v) is 4.80. The van der Waals surface area contributed by atoms with E-state index in [0.717, 1.165) is 12.8 Å². The Balaban J connectivity index is 0.00000180. The van der Waals surface area contributed by atoms with Crippen LogP contribution < -0.4 is 10.6 Å². The smallest absolute Gasteiger partial charge is 0.262 e. The molecule has 2 amide bonds. The monoisotopic (exact) mass is 297 g/mol. The van der Waals surface area contributed by atoms with Crippen molar-refractivity contribution in [2.24, 2.45) is 0 Å². The molecule has 0 aliphatic carbocycles. The molecule has 110 valence electrons. The normalized spacial score (nSPS) is 24.9. The van der Waals surface area contributed by atoms with Crippen LogP contribution in [0.15, 0.2) is 0 Å². The van der Waals surface area contributed by atoms with Gasteiger partial charge in [0.15, 0.2) is 0 Å². The van der Waals surface area contributed by atoms with Crippen LogP contribution in [-0.2, 0) is 9.59 Å². The van der Waals surface area contributed by atoms with Gasteiger partial charge in [0, 0.05) is 19.5 Å². The van der Waals surface area contributed by atoms with E-state index in [-0.39, 0.29) is 24.9 Å². The highest BCUT2D eigenvalue weighted by Gasteiger charge is 2.42. The fourth-order valence-electron chi connectivity index (χ4n) is 2.27. The number of alkyl halides is 2. The number of hydrogen-bond acceptors (Lipinski definition) is 3. The quantitative estimate of drug-likeness (QED) is 0.779. The van der Waals surface area contributed by atoms with E-state index in [0.29, 0.717) is 13.1 Å². The van der Waals surface area contributed by atoms with Crippen LogP contribution in [0.2, 0.25) is 0 Å². The number of nitrogens with one attached hydrogen (secondary N) is 2. The zero-order valence-corrected chi connectivity index (χ0v) is 11.3. The molecule has 2 heterocycles. The molecule has 0 aromatic carbocycles. The lowest BCUT2D eigenvalue weighted by Gasteiger charge is -2.16. The summed E-state index contributed by atoms with van der Waals surface area (Å²) in [5.41, 5.74) is 0. The fraction of sp³-hybridized carbons (Fsp3) is 0.818. The zero-order chi connectivity index (χ0) is 13.2. The van der Waals surface area contributed by atoms with Gasteiger partial charge in [-0.05, 0) is 12.8 Å². The molecule has 2 aliphatic heterocycles. The van der Waals surface area contributed by atoms with Gasteiger partial charge in [0.05, 0.1) is 19.1 Å². The maximum Gasteiger partial charge on any atom is 0.262 e. The summed E-state index contributed by atoms with van der Waals surface area (Å²) in [5, 5.41) is 4.87. The predicted octanol–water partition coefficient (Wildman–Crippen LogP) is 0.144. The Kier molecular flexibility index (Phi) is 5.49. The van der Waals surface area contributed by atoms with Crippen molar-refractivity contribution in [3.05, 3.63) is 0 Å². The third-order valence-electron chi connectivity index (χ3n) is 3.30. The van der Waals surface area contributed by atoms with Crippen molar-refractivity contribution in [1.29, 1.82) is 0 Å². The summed E-state index contributed by atoms with van der Waals surface area (Å²) in [6.07, 6.45) is 1.46. The number of carbonyl (C=O) groups is 2. The zero-order valence-electron chi connectivity index (χ0n) is 10.5. The molecule has 0 saturated carbocycles. The lowest BCUT2D eigenvalue weighted by Crippen LogP contribution is -2.45. The van der Waals surface area contributed by atoms with Gasteiger partial charge in [-0.1, -0.05) is 0 Å². The number of nitrogens with zero attached hydrogens (tertiary/aromatic N) is 1. The van der Waals surface area contributed by atoms with Crippen LogP contribution in [0.5, 0.6) is 0 Å². The van der Waals surface area contributed by atoms with E-state index in [4.69, 9.17) is 0 Å². The van der Waals surface area contributed by atoms with E-state index in [9.17, 15) is 18.4 Å². The molecule has 2 N–H and O–H groups in total. The van der Waals surface area contributed by atoms with Gasteiger partial charge in [0.25, 0.3) is 5.92 Å². The first-order valence-corrected chi connectivity index (χ1v) is 6.15. The van der Waals surface area contributed by atoms with Gasteiger partial charge in [-0.2, -0.15) is 0 Å². The Morgan fingerprint density at radius 3 is 2.47 bits per heavy atom. The molecule has 1 atom stereocenters. The van der Waals surface area contributed by atoms with Crippen molar-refractivity contribution >= 4 is 24.2 Å². The fourth-order valence-corrected chi connectivity index (χ4v) is 2.27. The highest BCUT2D eigenvalue weighted by Crippen LogP contribution is 2.24. The van der Waals surface area contributed by atoms with Crippen molar-refractivity contribution in [2.75, 3.05) is 26.2 Å². The number of halogens is 3. The summed E-state index contributed by atoms with van der Waals surface area (Å²) in [6, 6.07) is -0.897. The highest BCUT2D eigenvalue weighted by atomic mass is 35.5. The largest absolute Gasteiger partial charge is 0.346 e. The molecular weight excluding hydrogens is 280 g/mol. The Bertz CT molecular complexity index is 349. The van der Waals surface area contributed by atoms with Crippen molar-refractivity contribution in [1.82, 2.24) is 15.5 Å². The van der Waals surface area contributed by atoms with Gasteiger partial charge < -0.3 is 10.2 Å². The summed E-state index contributed by atoms with van der Waals surface area (Å²) >= 11 is 0. The Morgan fingerprint density at radius 1 is 1.32 bits per heavy atom. The third-order valence-corrected chi connectivity index (χ3v) is 3.30. The molecule has 5 nitrogen and oxygen atoms in total. The highest BCUT2D eigenvalue weighted by molar-refractivity contribution is 5.87. The molecule has 1 unspecified atom stereocenters. The molecule has 0 radical (unpaired) electrons. The molecule has 2 fully saturated rings. The van der Waals surface area contributed by atoms with Gasteiger partial charge in [-0.3, -0.25) is 14.9 Å². The van der Waals surface area contributed by atoms with Crippen LogP contribution in [0.3, 0.4) is 0 Å². The summed E-state index contributed by atoms with van der Waals surface area (Å²) in [5.74, 6) is -3.51. The van der Waals surface area contributed by atoms with Crippen LogP contribution >= 0.6 is 12.4 Å². The molecule has 2 rings (SSSR count). The molecule has 8 heteroatoms. The van der Waals surface area contributed by atoms with Crippen LogP contribution in [0.25, 0.3) is 0 Å². The second-order valence-electron chi connectivity index (χ2n) is 4.80. The van der Waals surface area contributed by atoms with E-state index in [1.807, 2.05) is 0 Å². The number of amides is 2. The number of carbonyl (C=O) groups excluding carboxylic acids is 2. The molecule has 0 aromatic rings. The summed E-state index contributed by atoms with van der Waals surface area (Å²) < 4.78 is 25.8. The molecule has 2 aliphatic rings. The average Bonchev–Trinajstić information content (AvgIpc) is 2.94. The van der Waals surface area contributed by atoms with E-state index >= 15 is 0 Å². The summed E-state index contributed by atoms with van der Waals surface area (Å²) in [7, 11) is 0. The van der Waals surface area contributed by atoms with Gasteiger partial charge in [-0.15, -0.1) is 12.4 Å². The Hall–Kier alpha value is -0.950. The van der Waals surface area contributed by atoms with Crippen LogP contribution in [0.4, 0.5) is 8.78 Å². The topological polar surface area (TPSA) is 61.4 Å². The van der Waals surface area contributed by atoms with Gasteiger partial charge in [0.2, 0.25) is 11.8 Å². The van der Waals surface area contributed by atoms with Gasteiger partial charge >= 0.3 is 0 Å². The lowest BCUT2D eigenvalue weighted by atomic mass is 10.2. The summed E-state index contributed by atoms with van der Waals surface area (Å²) in [6.45, 7) is 0.844. The van der Waals surface area contributed by atoms with Crippen molar-refractivity contribution in [3.63, 3.8) is 0 Å². The molecule has 19 heavy (non-hydrogen) atoms. The SMILES string of the molecule is Cl.O=C(NCC(=O)N1CCCC1)C1CC(F)(F)CN1. The van der Waals surface area contributed by atoms with Gasteiger partial charge in [0.1, 0.15) is 0 Å². The second kappa shape index (κ2) is 6.47. The van der Waals surface area contributed by atoms with Crippen molar-refractivity contribution in [3.8, 4) is 0 Å². The average molecular weight is 298 g/mol. The molecule has 0 bridgehead atoms. The first-order chi connectivity index (χ1) is 8.48. The Morgan fingerprint density at radius 2 is 1.95 bits per heavy atom. The van der Waals surface area contributed by atoms with Gasteiger partial charge in [-0.25, -0.2) is 8.78 Å². The number of hydrogen-bond donors (Lipinski definition) is 2. The van der Waals surface area contributed by atoms with E-state index < -0.39 is 30.8 Å². The first kappa shape index (κ1) is 16.1. The van der Waals surface area contributed by atoms with E-state index in [1.165, 1.54) is 0 Å². The van der Waals surface area contributed by atoms with Crippen LogP contribution in [0.1, 0.15) is 19.3 Å². The van der Waals surface area contributed by atoms with Crippen molar-refractivity contribution in [2.45, 2.75) is 31.2 Å². The predicted molar refractivity (Wildman–Crippen MR) is 67.4 cm³/mol. The molecule has 2 saturated heterocycles. The molecule has 0 spiro atoms.